The number of nitrogens with zero attached hydrogens (tertiary/aromatic N) is 2. The Hall–Kier alpha value is -2.37. The Kier molecular flexibility index (Phi) is 5.36. The van der Waals surface area contributed by atoms with Gasteiger partial charge in [0, 0.05) is 22.5 Å². The van der Waals surface area contributed by atoms with E-state index in [1.54, 1.807) is 0 Å². The largest absolute Gasteiger partial charge is 0.332 e. The lowest BCUT2D eigenvalue weighted by atomic mass is 10.2. The summed E-state index contributed by atoms with van der Waals surface area (Å²) < 4.78 is 1.92. The minimum atomic E-state index is 0.512. The summed E-state index contributed by atoms with van der Waals surface area (Å²) >= 11 is 11.4. The van der Waals surface area contributed by atoms with E-state index in [1.807, 2.05) is 73.1 Å². The van der Waals surface area contributed by atoms with Gasteiger partial charge in [-0.05, 0) is 61.5 Å². The molecule has 2 N–H and O–H groups in total. The third kappa shape index (κ3) is 4.81. The SMILES string of the molecule is Cc1cccc(NC(=S)Nc2cc(C)n(Cc3cccc(Cl)c3)n2)c1. The fourth-order valence-corrected chi connectivity index (χ4v) is 2.98. The molecule has 3 rings (SSSR count). The van der Waals surface area contributed by atoms with Gasteiger partial charge >= 0.3 is 0 Å². The van der Waals surface area contributed by atoms with E-state index < -0.39 is 0 Å². The molecule has 4 nitrogen and oxygen atoms in total. The van der Waals surface area contributed by atoms with Gasteiger partial charge in [-0.2, -0.15) is 5.10 Å². The predicted molar refractivity (Wildman–Crippen MR) is 109 cm³/mol. The third-order valence-electron chi connectivity index (χ3n) is 3.72. The summed E-state index contributed by atoms with van der Waals surface area (Å²) in [7, 11) is 0. The van der Waals surface area contributed by atoms with Gasteiger partial charge in [0.1, 0.15) is 0 Å². The summed E-state index contributed by atoms with van der Waals surface area (Å²) in [4.78, 5) is 0. The molecule has 0 spiro atoms. The fraction of sp³-hybridized carbons (Fsp3) is 0.158. The van der Waals surface area contributed by atoms with Crippen LogP contribution in [-0.4, -0.2) is 14.9 Å². The average molecular weight is 371 g/mol. The van der Waals surface area contributed by atoms with Crippen LogP contribution < -0.4 is 10.6 Å². The van der Waals surface area contributed by atoms with Gasteiger partial charge in [-0.3, -0.25) is 4.68 Å². The Morgan fingerprint density at radius 2 is 1.88 bits per heavy atom. The third-order valence-corrected chi connectivity index (χ3v) is 4.16. The van der Waals surface area contributed by atoms with Crippen LogP contribution in [0.5, 0.6) is 0 Å². The van der Waals surface area contributed by atoms with E-state index in [0.717, 1.165) is 22.0 Å². The van der Waals surface area contributed by atoms with Crippen molar-refractivity contribution < 1.29 is 0 Å². The molecule has 128 valence electrons. The highest BCUT2D eigenvalue weighted by Gasteiger charge is 2.07. The zero-order chi connectivity index (χ0) is 17.8. The molecule has 0 saturated heterocycles. The Labute approximate surface area is 157 Å². The van der Waals surface area contributed by atoms with Gasteiger partial charge in [-0.25, -0.2) is 0 Å². The molecule has 0 aliphatic rings. The predicted octanol–water partition coefficient (Wildman–Crippen LogP) is 5.01. The number of rotatable bonds is 4. The van der Waals surface area contributed by atoms with Crippen molar-refractivity contribution in [3.63, 3.8) is 0 Å². The minimum absolute atomic E-state index is 0.512. The maximum atomic E-state index is 6.05. The van der Waals surface area contributed by atoms with Crippen molar-refractivity contribution in [2.75, 3.05) is 10.6 Å². The lowest BCUT2D eigenvalue weighted by molar-refractivity contribution is 0.668. The normalized spacial score (nSPS) is 10.5. The number of thiocarbonyl (C=S) groups is 1. The first-order valence-electron chi connectivity index (χ1n) is 7.93. The second kappa shape index (κ2) is 7.68. The molecule has 2 aromatic carbocycles. The highest BCUT2D eigenvalue weighted by molar-refractivity contribution is 7.80. The Morgan fingerprint density at radius 1 is 1.08 bits per heavy atom. The van der Waals surface area contributed by atoms with Crippen LogP contribution in [-0.2, 0) is 6.54 Å². The second-order valence-corrected chi connectivity index (χ2v) is 6.75. The molecule has 0 atom stereocenters. The first kappa shape index (κ1) is 17.5. The van der Waals surface area contributed by atoms with Crippen LogP contribution >= 0.6 is 23.8 Å². The number of hydrogen-bond donors (Lipinski definition) is 2. The van der Waals surface area contributed by atoms with E-state index in [0.29, 0.717) is 17.5 Å². The summed E-state index contributed by atoms with van der Waals surface area (Å²) in [5.41, 5.74) is 4.27. The van der Waals surface area contributed by atoms with E-state index in [1.165, 1.54) is 5.56 Å². The number of hydrogen-bond acceptors (Lipinski definition) is 2. The maximum absolute atomic E-state index is 6.05. The van der Waals surface area contributed by atoms with Crippen LogP contribution in [0.25, 0.3) is 0 Å². The summed E-state index contributed by atoms with van der Waals surface area (Å²) in [5.74, 6) is 0.713. The van der Waals surface area contributed by atoms with E-state index in [9.17, 15) is 0 Å². The Bertz CT molecular complexity index is 904. The van der Waals surface area contributed by atoms with Gasteiger partial charge in [0.15, 0.2) is 10.9 Å². The highest BCUT2D eigenvalue weighted by Crippen LogP contribution is 2.15. The number of aromatic nitrogens is 2. The van der Waals surface area contributed by atoms with Crippen molar-refractivity contribution >= 4 is 40.4 Å². The van der Waals surface area contributed by atoms with E-state index in [-0.39, 0.29) is 0 Å². The number of halogens is 1. The van der Waals surface area contributed by atoms with Crippen molar-refractivity contribution in [3.05, 3.63) is 76.4 Å². The molecular formula is C19H19ClN4S. The standard InChI is InChI=1S/C19H19ClN4S/c1-13-5-3-8-17(9-13)21-19(25)22-18-10-14(2)24(23-18)12-15-6-4-7-16(20)11-15/h3-11H,12H2,1-2H3,(H2,21,22,23,25). The lowest BCUT2D eigenvalue weighted by Gasteiger charge is -2.09. The first-order valence-corrected chi connectivity index (χ1v) is 8.72. The Morgan fingerprint density at radius 3 is 2.64 bits per heavy atom. The van der Waals surface area contributed by atoms with Crippen LogP contribution in [0.15, 0.2) is 54.6 Å². The smallest absolute Gasteiger partial charge is 0.176 e. The van der Waals surface area contributed by atoms with Gasteiger partial charge < -0.3 is 10.6 Å². The summed E-state index contributed by atoms with van der Waals surface area (Å²) in [5, 5.41) is 12.1. The minimum Gasteiger partial charge on any atom is -0.332 e. The van der Waals surface area contributed by atoms with Crippen LogP contribution in [0.2, 0.25) is 5.02 Å². The molecule has 0 aliphatic heterocycles. The van der Waals surface area contributed by atoms with E-state index >= 15 is 0 Å². The van der Waals surface area contributed by atoms with Crippen molar-refractivity contribution in [1.29, 1.82) is 0 Å². The molecule has 0 amide bonds. The maximum Gasteiger partial charge on any atom is 0.176 e. The van der Waals surface area contributed by atoms with E-state index in [2.05, 4.69) is 15.7 Å². The molecule has 0 fully saturated rings. The van der Waals surface area contributed by atoms with Gasteiger partial charge in [0.2, 0.25) is 0 Å². The topological polar surface area (TPSA) is 41.9 Å². The molecule has 1 heterocycles. The van der Waals surface area contributed by atoms with Crippen molar-refractivity contribution in [3.8, 4) is 0 Å². The second-order valence-electron chi connectivity index (χ2n) is 5.91. The zero-order valence-corrected chi connectivity index (χ0v) is 15.7. The number of aryl methyl sites for hydroxylation is 2. The molecule has 0 radical (unpaired) electrons. The fourth-order valence-electron chi connectivity index (χ4n) is 2.54. The van der Waals surface area contributed by atoms with Crippen LogP contribution in [0.1, 0.15) is 16.8 Å². The molecule has 3 aromatic rings. The van der Waals surface area contributed by atoms with Gasteiger partial charge in [-0.1, -0.05) is 35.9 Å². The molecular weight excluding hydrogens is 352 g/mol. The van der Waals surface area contributed by atoms with Gasteiger partial charge in [0.05, 0.1) is 6.54 Å². The summed E-state index contributed by atoms with van der Waals surface area (Å²) in [6.07, 6.45) is 0. The average Bonchev–Trinajstić information content (AvgIpc) is 2.86. The molecule has 1 aromatic heterocycles. The number of anilines is 2. The van der Waals surface area contributed by atoms with E-state index in [4.69, 9.17) is 23.8 Å². The molecule has 0 unspecified atom stereocenters. The number of nitrogens with one attached hydrogen (secondary N) is 2. The van der Waals surface area contributed by atoms with Gasteiger partial charge in [0.25, 0.3) is 0 Å². The van der Waals surface area contributed by atoms with Crippen LogP contribution in [0.4, 0.5) is 11.5 Å². The quantitative estimate of drug-likeness (QED) is 0.633. The lowest BCUT2D eigenvalue weighted by Crippen LogP contribution is -2.19. The van der Waals surface area contributed by atoms with Gasteiger partial charge in [-0.15, -0.1) is 0 Å². The summed E-state index contributed by atoms with van der Waals surface area (Å²) in [6, 6.07) is 17.8. The first-order chi connectivity index (χ1) is 12.0. The van der Waals surface area contributed by atoms with Crippen molar-refractivity contribution in [2.45, 2.75) is 20.4 Å². The Balaban J connectivity index is 1.66. The molecule has 25 heavy (non-hydrogen) atoms. The van der Waals surface area contributed by atoms with Crippen molar-refractivity contribution in [2.24, 2.45) is 0 Å². The van der Waals surface area contributed by atoms with Crippen LogP contribution in [0.3, 0.4) is 0 Å². The van der Waals surface area contributed by atoms with Crippen LogP contribution in [0, 0.1) is 13.8 Å². The summed E-state index contributed by atoms with van der Waals surface area (Å²) in [6.45, 7) is 4.72. The molecule has 0 bridgehead atoms. The molecule has 0 aliphatic carbocycles. The number of benzene rings is 2. The highest BCUT2D eigenvalue weighted by atomic mass is 35.5. The van der Waals surface area contributed by atoms with Crippen molar-refractivity contribution in [1.82, 2.24) is 9.78 Å². The monoisotopic (exact) mass is 370 g/mol. The molecule has 6 heteroatoms. The zero-order valence-electron chi connectivity index (χ0n) is 14.1. The molecule has 0 saturated carbocycles.